The summed E-state index contributed by atoms with van der Waals surface area (Å²) in [5.74, 6) is -1.90. The predicted octanol–water partition coefficient (Wildman–Crippen LogP) is 1.50. The van der Waals surface area contributed by atoms with Crippen molar-refractivity contribution in [3.63, 3.8) is 0 Å². The lowest BCUT2D eigenvalue weighted by molar-refractivity contribution is -0.133. The van der Waals surface area contributed by atoms with E-state index in [4.69, 9.17) is 0 Å². The second kappa shape index (κ2) is 5.30. The van der Waals surface area contributed by atoms with E-state index >= 15 is 0 Å². The number of benzene rings is 1. The van der Waals surface area contributed by atoms with E-state index in [9.17, 15) is 13.8 Å². The molecule has 0 atom stereocenters. The van der Waals surface area contributed by atoms with E-state index in [2.05, 4.69) is 9.68 Å². The van der Waals surface area contributed by atoms with Gasteiger partial charge in [-0.3, -0.25) is 9.59 Å². The Labute approximate surface area is 107 Å². The maximum absolute atomic E-state index is 11.6. The second-order valence-corrected chi connectivity index (χ2v) is 6.90. The maximum atomic E-state index is 11.6. The fraction of sp³-hybridized carbons (Fsp3) is 0.333. The summed E-state index contributed by atoms with van der Waals surface area (Å²) in [5.41, 5.74) is 2.37. The zero-order valence-electron chi connectivity index (χ0n) is 10.8. The molecular formula is C12H16N2O3S. The van der Waals surface area contributed by atoms with Crippen molar-refractivity contribution in [1.29, 1.82) is 0 Å². The molecule has 18 heavy (non-hydrogen) atoms. The zero-order valence-corrected chi connectivity index (χ0v) is 11.6. The van der Waals surface area contributed by atoms with Crippen molar-refractivity contribution < 1.29 is 13.8 Å². The van der Waals surface area contributed by atoms with Crippen LogP contribution in [0.4, 0.5) is 5.69 Å². The second-order valence-electron chi connectivity index (χ2n) is 4.35. The van der Waals surface area contributed by atoms with E-state index in [1.54, 1.807) is 6.07 Å². The summed E-state index contributed by atoms with van der Waals surface area (Å²) < 4.78 is 14.6. The van der Waals surface area contributed by atoms with Gasteiger partial charge < -0.3 is 5.32 Å². The number of nitrogens with zero attached hydrogens (tertiary/aromatic N) is 1. The van der Waals surface area contributed by atoms with E-state index in [-0.39, 0.29) is 0 Å². The number of anilines is 1. The van der Waals surface area contributed by atoms with Gasteiger partial charge in [-0.05, 0) is 31.0 Å². The average molecular weight is 268 g/mol. The van der Waals surface area contributed by atoms with E-state index in [1.807, 2.05) is 26.0 Å². The fourth-order valence-electron chi connectivity index (χ4n) is 1.29. The number of carbonyl (C=O) groups is 2. The van der Waals surface area contributed by atoms with E-state index < -0.39 is 21.5 Å². The third-order valence-corrected chi connectivity index (χ3v) is 2.74. The molecule has 0 radical (unpaired) electrons. The van der Waals surface area contributed by atoms with Crippen molar-refractivity contribution in [2.24, 2.45) is 4.36 Å². The van der Waals surface area contributed by atoms with Gasteiger partial charge in [0.2, 0.25) is 0 Å². The SMILES string of the molecule is Cc1ccc(C)c(NC(=O)C(=O)N=S(C)(C)=O)c1. The van der Waals surface area contributed by atoms with Gasteiger partial charge in [0.1, 0.15) is 0 Å². The van der Waals surface area contributed by atoms with Crippen LogP contribution in [0.25, 0.3) is 0 Å². The van der Waals surface area contributed by atoms with Crippen LogP contribution in [-0.2, 0) is 19.3 Å². The quantitative estimate of drug-likeness (QED) is 0.784. The Morgan fingerprint density at radius 1 is 1.22 bits per heavy atom. The monoisotopic (exact) mass is 268 g/mol. The topological polar surface area (TPSA) is 75.6 Å². The molecule has 0 aliphatic carbocycles. The molecule has 0 aliphatic rings. The average Bonchev–Trinajstić information content (AvgIpc) is 2.21. The summed E-state index contributed by atoms with van der Waals surface area (Å²) in [5, 5.41) is 2.47. The summed E-state index contributed by atoms with van der Waals surface area (Å²) in [6.45, 7) is 3.70. The molecule has 0 heterocycles. The zero-order chi connectivity index (χ0) is 13.9. The first-order chi connectivity index (χ1) is 8.19. The van der Waals surface area contributed by atoms with Gasteiger partial charge in [0, 0.05) is 27.9 Å². The number of carbonyl (C=O) groups excluding carboxylic acids is 2. The molecule has 6 heteroatoms. The van der Waals surface area contributed by atoms with Crippen LogP contribution in [0.2, 0.25) is 0 Å². The minimum atomic E-state index is -2.61. The summed E-state index contributed by atoms with van der Waals surface area (Å²) in [7, 11) is -2.61. The molecule has 1 rings (SSSR count). The third kappa shape index (κ3) is 4.29. The highest BCUT2D eigenvalue weighted by atomic mass is 32.2. The van der Waals surface area contributed by atoms with E-state index in [0.717, 1.165) is 11.1 Å². The van der Waals surface area contributed by atoms with Crippen LogP contribution in [0.5, 0.6) is 0 Å². The number of aryl methyl sites for hydroxylation is 2. The first-order valence-electron chi connectivity index (χ1n) is 5.29. The van der Waals surface area contributed by atoms with E-state index in [1.165, 1.54) is 12.5 Å². The molecular weight excluding hydrogens is 252 g/mol. The lowest BCUT2D eigenvalue weighted by Gasteiger charge is -2.07. The van der Waals surface area contributed by atoms with Crippen LogP contribution in [0.1, 0.15) is 11.1 Å². The van der Waals surface area contributed by atoms with Crippen LogP contribution < -0.4 is 5.32 Å². The molecule has 98 valence electrons. The van der Waals surface area contributed by atoms with Gasteiger partial charge in [0.05, 0.1) is 0 Å². The Balaban J connectivity index is 2.92. The molecule has 0 saturated carbocycles. The van der Waals surface area contributed by atoms with Gasteiger partial charge in [0.15, 0.2) is 0 Å². The Kier molecular flexibility index (Phi) is 4.24. The summed E-state index contributed by atoms with van der Waals surface area (Å²) in [6.07, 6.45) is 2.60. The predicted molar refractivity (Wildman–Crippen MR) is 72.0 cm³/mol. The van der Waals surface area contributed by atoms with Gasteiger partial charge in [-0.25, -0.2) is 4.21 Å². The number of rotatable bonds is 1. The molecule has 5 nitrogen and oxygen atoms in total. The molecule has 0 aliphatic heterocycles. The van der Waals surface area contributed by atoms with E-state index in [0.29, 0.717) is 5.69 Å². The first kappa shape index (κ1) is 14.4. The number of nitrogens with one attached hydrogen (secondary N) is 1. The lowest BCUT2D eigenvalue weighted by atomic mass is 10.1. The number of amides is 2. The third-order valence-electron chi connectivity index (χ3n) is 2.14. The standard InChI is InChI=1S/C12H16N2O3S/c1-8-5-6-9(2)10(7-8)13-11(15)12(16)14-18(3,4)17/h5-7H,1-4H3,(H,13,15). The van der Waals surface area contributed by atoms with Crippen molar-refractivity contribution >= 4 is 27.2 Å². The Bertz CT molecular complexity index is 606. The molecule has 0 saturated heterocycles. The Morgan fingerprint density at radius 2 is 1.83 bits per heavy atom. The van der Waals surface area contributed by atoms with Crippen molar-refractivity contribution in [1.82, 2.24) is 0 Å². The summed E-state index contributed by atoms with van der Waals surface area (Å²) in [4.78, 5) is 23.0. The van der Waals surface area contributed by atoms with Crippen LogP contribution in [0.15, 0.2) is 22.6 Å². The van der Waals surface area contributed by atoms with Gasteiger partial charge in [0.25, 0.3) is 0 Å². The molecule has 0 bridgehead atoms. The fourth-order valence-corrected chi connectivity index (χ4v) is 1.77. The normalized spacial score (nSPS) is 10.9. The minimum Gasteiger partial charge on any atom is -0.317 e. The Hall–Kier alpha value is -1.69. The van der Waals surface area contributed by atoms with Crippen LogP contribution in [0.3, 0.4) is 0 Å². The smallest absolute Gasteiger partial charge is 0.317 e. The highest BCUT2D eigenvalue weighted by Crippen LogP contribution is 2.16. The van der Waals surface area contributed by atoms with Crippen molar-refractivity contribution in [2.75, 3.05) is 17.8 Å². The largest absolute Gasteiger partial charge is 0.343 e. The molecule has 1 aromatic rings. The highest BCUT2D eigenvalue weighted by Gasteiger charge is 2.15. The molecule has 0 unspecified atom stereocenters. The van der Waals surface area contributed by atoms with Crippen molar-refractivity contribution in [2.45, 2.75) is 13.8 Å². The van der Waals surface area contributed by atoms with Gasteiger partial charge >= 0.3 is 11.8 Å². The van der Waals surface area contributed by atoms with Gasteiger partial charge in [-0.1, -0.05) is 12.1 Å². The van der Waals surface area contributed by atoms with Crippen LogP contribution in [0, 0.1) is 13.8 Å². The minimum absolute atomic E-state index is 0.558. The molecule has 0 fully saturated rings. The maximum Gasteiger partial charge on any atom is 0.343 e. The molecule has 1 N–H and O–H groups in total. The van der Waals surface area contributed by atoms with Crippen LogP contribution in [-0.4, -0.2) is 28.5 Å². The highest BCUT2D eigenvalue weighted by molar-refractivity contribution is 7.92. The molecule has 2 amide bonds. The summed E-state index contributed by atoms with van der Waals surface area (Å²) >= 11 is 0. The van der Waals surface area contributed by atoms with Crippen molar-refractivity contribution in [3.05, 3.63) is 29.3 Å². The van der Waals surface area contributed by atoms with Crippen molar-refractivity contribution in [3.8, 4) is 0 Å². The number of hydrogen-bond donors (Lipinski definition) is 1. The molecule has 0 spiro atoms. The lowest BCUT2D eigenvalue weighted by Crippen LogP contribution is -2.22. The van der Waals surface area contributed by atoms with Gasteiger partial charge in [-0.15, -0.1) is 0 Å². The summed E-state index contributed by atoms with van der Waals surface area (Å²) in [6, 6.07) is 5.51. The van der Waals surface area contributed by atoms with Gasteiger partial charge in [-0.2, -0.15) is 4.36 Å². The number of hydrogen-bond acceptors (Lipinski definition) is 3. The van der Waals surface area contributed by atoms with Crippen LogP contribution >= 0.6 is 0 Å². The molecule has 1 aromatic carbocycles. The molecule has 0 aromatic heterocycles. The Morgan fingerprint density at radius 3 is 2.39 bits per heavy atom. The first-order valence-corrected chi connectivity index (χ1v) is 7.62.